The number of rotatable bonds is 27. The van der Waals surface area contributed by atoms with Crippen molar-refractivity contribution in [2.24, 2.45) is 4.52 Å². The Bertz CT molecular complexity index is 2530. The van der Waals surface area contributed by atoms with E-state index in [0.29, 0.717) is 113 Å². The summed E-state index contributed by atoms with van der Waals surface area (Å²) in [4.78, 5) is 14.2. The Labute approximate surface area is 405 Å². The minimum atomic E-state index is -4.08. The zero-order valence-electron chi connectivity index (χ0n) is 37.9. The molecule has 0 saturated carbocycles. The molecule has 0 radical (unpaired) electrons. The molecule has 0 aromatic heterocycles. The smallest absolute Gasteiger partial charge is 0.440 e. The monoisotopic (exact) mass is 993 g/mol. The van der Waals surface area contributed by atoms with Crippen LogP contribution in [0, 0.1) is 0 Å². The van der Waals surface area contributed by atoms with Crippen LogP contribution in [0.15, 0.2) is 168 Å². The minimum absolute atomic E-state index is 0.133. The first-order valence-electron chi connectivity index (χ1n) is 23.0. The molecule has 18 heteroatoms. The van der Waals surface area contributed by atoms with Gasteiger partial charge in [-0.25, -0.2) is 0 Å². The van der Waals surface area contributed by atoms with Crippen LogP contribution in [-0.4, -0.2) is 87.0 Å². The van der Waals surface area contributed by atoms with E-state index in [1.54, 1.807) is 9.21 Å². The second-order valence-electron chi connectivity index (χ2n) is 16.2. The topological polar surface area (TPSA) is 140 Å². The lowest BCUT2D eigenvalue weighted by Gasteiger charge is -2.44. The summed E-state index contributed by atoms with van der Waals surface area (Å²) in [6, 6.07) is 52.0. The van der Waals surface area contributed by atoms with E-state index in [9.17, 15) is 0 Å². The van der Waals surface area contributed by atoms with Crippen molar-refractivity contribution in [1.82, 2.24) is 9.21 Å². The fourth-order valence-corrected chi connectivity index (χ4v) is 14.5. The summed E-state index contributed by atoms with van der Waals surface area (Å²) in [5.41, 5.74) is 2.62. The number of para-hydroxylation sites is 6. The number of hydrogen-bond acceptors (Lipinski definition) is 15. The third-order valence-electron chi connectivity index (χ3n) is 10.8. The normalized spacial score (nSPS) is 22.8. The van der Waals surface area contributed by atoms with Gasteiger partial charge in [-0.1, -0.05) is 109 Å². The molecule has 3 saturated heterocycles. The lowest BCUT2D eigenvalue weighted by Crippen LogP contribution is -2.37. The standard InChI is InChI=1S/C51H54N3O12P3/c1-4-19-43(20-5-1)61-53-67(63-44-21-6-2-7-22-44)52-69(65-50-26-14-11-17-41(50)29-32-56-35-47-38-59-47,66-51-27-15-12-18-42(51)30-33-57-36-48-39-60-48)54(68(53)64-45-23-8-3-9-24-45)62-49-25-13-10-16-40(49)28-31-55-34-46-37-58-46/h1-27,46-48H,28-39H2. The molecule has 0 N–H and O–H groups in total. The van der Waals surface area contributed by atoms with E-state index in [-0.39, 0.29) is 18.3 Å². The molecular weight excluding hydrogens is 939 g/mol. The van der Waals surface area contributed by atoms with Crippen molar-refractivity contribution in [3.63, 3.8) is 0 Å². The van der Waals surface area contributed by atoms with Crippen molar-refractivity contribution >= 4 is 24.6 Å². The maximum atomic E-state index is 7.53. The second kappa shape index (κ2) is 23.7. The first-order chi connectivity index (χ1) is 34.1. The van der Waals surface area contributed by atoms with Gasteiger partial charge in [0.05, 0.1) is 59.5 Å². The number of hydrogen-bond donors (Lipinski definition) is 0. The maximum Gasteiger partial charge on any atom is 0.447 e. The van der Waals surface area contributed by atoms with Gasteiger partial charge in [-0.05, 0) is 90.6 Å². The van der Waals surface area contributed by atoms with E-state index in [4.69, 9.17) is 60.7 Å². The van der Waals surface area contributed by atoms with Crippen LogP contribution in [0.3, 0.4) is 0 Å². The average Bonchev–Trinajstić information content (AvgIpc) is 4.23. The molecule has 3 fully saturated rings. The Kier molecular flexibility index (Phi) is 16.3. The summed E-state index contributed by atoms with van der Waals surface area (Å²) < 4.78 is 72.5. The van der Waals surface area contributed by atoms with Crippen LogP contribution in [0.4, 0.5) is 0 Å². The highest BCUT2D eigenvalue weighted by Gasteiger charge is 2.58. The molecule has 4 heterocycles. The molecular formula is C51H54N3O12P3. The molecule has 360 valence electrons. The lowest BCUT2D eigenvalue weighted by molar-refractivity contribution is 0.0531. The number of benzene rings is 6. The Balaban J connectivity index is 1.14. The molecule has 0 amide bonds. The van der Waals surface area contributed by atoms with Crippen LogP contribution in [0.2, 0.25) is 0 Å². The van der Waals surface area contributed by atoms with Gasteiger partial charge in [0.2, 0.25) is 0 Å². The van der Waals surface area contributed by atoms with Gasteiger partial charge in [-0.15, -0.1) is 4.52 Å². The molecule has 0 bridgehead atoms. The fourth-order valence-electron chi connectivity index (χ4n) is 6.95. The predicted octanol–water partition coefficient (Wildman–Crippen LogP) is 11.2. The summed E-state index contributed by atoms with van der Waals surface area (Å²) >= 11 is 0. The van der Waals surface area contributed by atoms with Gasteiger partial charge in [0.15, 0.2) is 5.75 Å². The van der Waals surface area contributed by atoms with E-state index in [1.165, 1.54) is 0 Å². The van der Waals surface area contributed by atoms with E-state index >= 15 is 0 Å². The Morgan fingerprint density at radius 1 is 0.464 bits per heavy atom. The maximum absolute atomic E-state index is 7.53. The van der Waals surface area contributed by atoms with E-state index in [2.05, 4.69) is 0 Å². The van der Waals surface area contributed by atoms with Gasteiger partial charge >= 0.3 is 24.6 Å². The Morgan fingerprint density at radius 2 is 0.855 bits per heavy atom. The molecule has 6 aromatic carbocycles. The molecule has 10 rings (SSSR count). The third kappa shape index (κ3) is 13.6. The van der Waals surface area contributed by atoms with Crippen molar-refractivity contribution < 1.29 is 56.2 Å². The van der Waals surface area contributed by atoms with Crippen molar-refractivity contribution in [1.29, 1.82) is 0 Å². The summed E-state index contributed by atoms with van der Waals surface area (Å²) in [7, 11) is -8.60. The van der Waals surface area contributed by atoms with Gasteiger partial charge < -0.3 is 56.2 Å². The Morgan fingerprint density at radius 3 is 1.32 bits per heavy atom. The quantitative estimate of drug-likeness (QED) is 0.0275. The SMILES string of the molecule is c1ccc(ON2P(Oc3ccccc3)N=P(Oc3ccccc3CCOCC3CO3)(Oc3ccccc3CCOCC3CO3)N(Oc3ccccc3CCOCC3CO3)P2Oc2ccccc2)cc1. The predicted molar refractivity (Wildman–Crippen MR) is 262 cm³/mol. The first kappa shape index (κ1) is 47.6. The highest BCUT2D eigenvalue weighted by molar-refractivity contribution is 7.78. The van der Waals surface area contributed by atoms with Crippen LogP contribution in [-0.2, 0) is 47.7 Å². The minimum Gasteiger partial charge on any atom is -0.440 e. The van der Waals surface area contributed by atoms with E-state index in [1.807, 2.05) is 164 Å². The van der Waals surface area contributed by atoms with Crippen LogP contribution in [0.25, 0.3) is 0 Å². The molecule has 5 unspecified atom stereocenters. The molecule has 69 heavy (non-hydrogen) atoms. The highest BCUT2D eigenvalue weighted by Crippen LogP contribution is 2.78. The molecule has 15 nitrogen and oxygen atoms in total. The lowest BCUT2D eigenvalue weighted by atomic mass is 10.1. The summed E-state index contributed by atoms with van der Waals surface area (Å²) in [5.74, 6) is 3.16. The van der Waals surface area contributed by atoms with Gasteiger partial charge in [0.1, 0.15) is 47.1 Å². The van der Waals surface area contributed by atoms with Gasteiger partial charge in [0, 0.05) is 9.21 Å². The second-order valence-corrected chi connectivity index (χ2v) is 21.8. The molecule has 5 atom stereocenters. The first-order valence-corrected chi connectivity index (χ1v) is 26.9. The zero-order chi connectivity index (χ0) is 46.5. The summed E-state index contributed by atoms with van der Waals surface area (Å²) in [6.07, 6.45) is 2.01. The van der Waals surface area contributed by atoms with Crippen LogP contribution < -0.4 is 27.8 Å². The van der Waals surface area contributed by atoms with Crippen LogP contribution >= 0.6 is 24.6 Å². The van der Waals surface area contributed by atoms with Crippen molar-refractivity contribution in [3.8, 4) is 34.5 Å². The van der Waals surface area contributed by atoms with Crippen molar-refractivity contribution in [3.05, 3.63) is 180 Å². The van der Waals surface area contributed by atoms with Gasteiger partial charge in [-0.3, -0.25) is 0 Å². The fraction of sp³-hybridized carbons (Fsp3) is 0.294. The molecule has 4 aliphatic rings. The molecule has 4 aliphatic heterocycles. The summed E-state index contributed by atoms with van der Waals surface area (Å²) in [5, 5.41) is 0. The number of nitrogens with zero attached hydrogens (tertiary/aromatic N) is 3. The van der Waals surface area contributed by atoms with Crippen LogP contribution in [0.5, 0.6) is 34.5 Å². The number of ether oxygens (including phenoxy) is 6. The molecule has 6 aromatic rings. The molecule has 0 spiro atoms. The van der Waals surface area contributed by atoms with Crippen molar-refractivity contribution in [2.45, 2.75) is 37.6 Å². The van der Waals surface area contributed by atoms with Crippen LogP contribution in [0.1, 0.15) is 16.7 Å². The van der Waals surface area contributed by atoms with Gasteiger partial charge in [-0.2, -0.15) is 0 Å². The van der Waals surface area contributed by atoms with Crippen molar-refractivity contribution in [2.75, 3.05) is 59.5 Å². The third-order valence-corrected chi connectivity index (χ3v) is 17.7. The average molecular weight is 994 g/mol. The van der Waals surface area contributed by atoms with Gasteiger partial charge in [0.25, 0.3) is 0 Å². The highest BCUT2D eigenvalue weighted by atomic mass is 31.3. The van der Waals surface area contributed by atoms with E-state index < -0.39 is 24.6 Å². The van der Waals surface area contributed by atoms with E-state index in [0.717, 1.165) is 16.7 Å². The summed E-state index contributed by atoms with van der Waals surface area (Å²) in [6.45, 7) is 5.01. The largest absolute Gasteiger partial charge is 0.447 e. The number of epoxide rings is 3. The molecule has 0 aliphatic carbocycles. The Hall–Kier alpha value is -5.11. The zero-order valence-corrected chi connectivity index (χ0v) is 40.6.